The molecule has 0 N–H and O–H groups in total. The van der Waals surface area contributed by atoms with Crippen molar-refractivity contribution in [2.45, 2.75) is 13.5 Å². The van der Waals surface area contributed by atoms with Crippen molar-refractivity contribution in [2.75, 3.05) is 0 Å². The van der Waals surface area contributed by atoms with Gasteiger partial charge in [-0.3, -0.25) is 15.0 Å². The summed E-state index contributed by atoms with van der Waals surface area (Å²) in [5.74, 6) is 0. The Kier molecular flexibility index (Phi) is 3.46. The van der Waals surface area contributed by atoms with E-state index in [0.717, 1.165) is 29.1 Å². The molecule has 3 rings (SSSR count). The zero-order chi connectivity index (χ0) is 13.8. The molecule has 0 fully saturated rings. The van der Waals surface area contributed by atoms with Crippen molar-refractivity contribution < 1.29 is 4.57 Å². The quantitative estimate of drug-likeness (QED) is 0.682. The van der Waals surface area contributed by atoms with Crippen LogP contribution in [0.5, 0.6) is 0 Å². The predicted molar refractivity (Wildman–Crippen MR) is 76.6 cm³/mol. The van der Waals surface area contributed by atoms with E-state index in [4.69, 9.17) is 0 Å². The molecular formula is C16H15N4+. The van der Waals surface area contributed by atoms with E-state index in [2.05, 4.69) is 38.6 Å². The lowest BCUT2D eigenvalue weighted by Crippen LogP contribution is -2.30. The highest BCUT2D eigenvalue weighted by molar-refractivity contribution is 5.61. The molecule has 0 atom stereocenters. The third-order valence-electron chi connectivity index (χ3n) is 3.18. The van der Waals surface area contributed by atoms with E-state index in [1.807, 2.05) is 24.5 Å². The summed E-state index contributed by atoms with van der Waals surface area (Å²) in [4.78, 5) is 13.0. The van der Waals surface area contributed by atoms with E-state index in [-0.39, 0.29) is 0 Å². The van der Waals surface area contributed by atoms with Gasteiger partial charge in [0.25, 0.3) is 0 Å². The van der Waals surface area contributed by atoms with E-state index in [9.17, 15) is 0 Å². The van der Waals surface area contributed by atoms with Crippen molar-refractivity contribution in [3.63, 3.8) is 0 Å². The van der Waals surface area contributed by atoms with Crippen LogP contribution in [0.4, 0.5) is 0 Å². The summed E-state index contributed by atoms with van der Waals surface area (Å²) in [7, 11) is 0. The summed E-state index contributed by atoms with van der Waals surface area (Å²) in [6, 6.07) is 7.96. The Morgan fingerprint density at radius 3 is 1.90 bits per heavy atom. The standard InChI is InChI=1S/C16H15N4/c1-2-20-9-5-14(6-10-20)16-12-18-15(11-19-16)13-3-7-17-8-4-13/h3-12H,2H2,1H3/q+1. The maximum Gasteiger partial charge on any atom is 0.169 e. The Morgan fingerprint density at radius 2 is 1.40 bits per heavy atom. The summed E-state index contributed by atoms with van der Waals surface area (Å²) < 4.78 is 2.11. The Balaban J connectivity index is 1.89. The molecule has 0 aliphatic rings. The molecule has 0 aromatic carbocycles. The molecule has 4 nitrogen and oxygen atoms in total. The van der Waals surface area contributed by atoms with Crippen molar-refractivity contribution in [2.24, 2.45) is 0 Å². The van der Waals surface area contributed by atoms with Crippen LogP contribution < -0.4 is 4.57 Å². The van der Waals surface area contributed by atoms with Gasteiger partial charge < -0.3 is 0 Å². The molecule has 0 radical (unpaired) electrons. The SMILES string of the molecule is CC[n+]1ccc(-c2cnc(-c3ccncc3)cn2)cc1. The Labute approximate surface area is 117 Å². The van der Waals surface area contributed by atoms with E-state index in [0.29, 0.717) is 0 Å². The van der Waals surface area contributed by atoms with Crippen molar-refractivity contribution in [3.05, 3.63) is 61.4 Å². The van der Waals surface area contributed by atoms with E-state index in [1.54, 1.807) is 24.8 Å². The van der Waals surface area contributed by atoms with Gasteiger partial charge in [-0.2, -0.15) is 0 Å². The summed E-state index contributed by atoms with van der Waals surface area (Å²) in [5, 5.41) is 0. The normalized spacial score (nSPS) is 10.4. The fourth-order valence-electron chi connectivity index (χ4n) is 1.99. The van der Waals surface area contributed by atoms with Gasteiger partial charge >= 0.3 is 0 Å². The lowest BCUT2D eigenvalue weighted by atomic mass is 10.2. The van der Waals surface area contributed by atoms with Gasteiger partial charge in [0, 0.05) is 35.7 Å². The van der Waals surface area contributed by atoms with E-state index in [1.165, 1.54) is 0 Å². The lowest BCUT2D eigenvalue weighted by molar-refractivity contribution is -0.693. The van der Waals surface area contributed by atoms with Crippen LogP contribution in [0, 0.1) is 0 Å². The molecule has 0 saturated carbocycles. The first kappa shape index (κ1) is 12.4. The lowest BCUT2D eigenvalue weighted by Gasteiger charge is -2.02. The number of hydrogen-bond donors (Lipinski definition) is 0. The first-order chi connectivity index (χ1) is 9.86. The van der Waals surface area contributed by atoms with Crippen LogP contribution in [-0.2, 0) is 6.54 Å². The summed E-state index contributed by atoms with van der Waals surface area (Å²) in [6.45, 7) is 3.08. The maximum absolute atomic E-state index is 4.49. The molecule has 0 amide bonds. The first-order valence-corrected chi connectivity index (χ1v) is 6.59. The van der Waals surface area contributed by atoms with Crippen molar-refractivity contribution in [1.82, 2.24) is 15.0 Å². The van der Waals surface area contributed by atoms with E-state index < -0.39 is 0 Å². The second-order valence-electron chi connectivity index (χ2n) is 4.44. The maximum atomic E-state index is 4.49. The molecular weight excluding hydrogens is 248 g/mol. The number of rotatable bonds is 3. The predicted octanol–water partition coefficient (Wildman–Crippen LogP) is 2.51. The minimum atomic E-state index is 0.857. The minimum absolute atomic E-state index is 0.857. The van der Waals surface area contributed by atoms with Gasteiger partial charge in [0.05, 0.1) is 23.8 Å². The second kappa shape index (κ2) is 5.57. The smallest absolute Gasteiger partial charge is 0.169 e. The van der Waals surface area contributed by atoms with Gasteiger partial charge in [-0.25, -0.2) is 4.57 Å². The zero-order valence-corrected chi connectivity index (χ0v) is 11.3. The average molecular weight is 263 g/mol. The number of pyridine rings is 2. The highest BCUT2D eigenvalue weighted by Gasteiger charge is 2.04. The molecule has 4 heteroatoms. The molecule has 3 heterocycles. The molecule has 0 saturated heterocycles. The Morgan fingerprint density at radius 1 is 0.850 bits per heavy atom. The topological polar surface area (TPSA) is 42.5 Å². The van der Waals surface area contributed by atoms with Crippen LogP contribution >= 0.6 is 0 Å². The second-order valence-corrected chi connectivity index (χ2v) is 4.44. The molecule has 0 bridgehead atoms. The molecule has 3 aromatic heterocycles. The number of nitrogens with zero attached hydrogens (tertiary/aromatic N) is 4. The number of hydrogen-bond acceptors (Lipinski definition) is 3. The Bertz CT molecular complexity index is 676. The van der Waals surface area contributed by atoms with Crippen LogP contribution in [0.2, 0.25) is 0 Å². The molecule has 20 heavy (non-hydrogen) atoms. The molecule has 3 aromatic rings. The fourth-order valence-corrected chi connectivity index (χ4v) is 1.99. The van der Waals surface area contributed by atoms with Crippen LogP contribution in [-0.4, -0.2) is 15.0 Å². The van der Waals surface area contributed by atoms with Crippen LogP contribution in [0.3, 0.4) is 0 Å². The van der Waals surface area contributed by atoms with Gasteiger partial charge in [0.15, 0.2) is 12.4 Å². The highest BCUT2D eigenvalue weighted by atomic mass is 14.9. The molecule has 0 unspecified atom stereocenters. The third-order valence-corrected chi connectivity index (χ3v) is 3.18. The van der Waals surface area contributed by atoms with Gasteiger partial charge in [-0.1, -0.05) is 0 Å². The molecule has 98 valence electrons. The van der Waals surface area contributed by atoms with Crippen LogP contribution in [0.25, 0.3) is 22.5 Å². The van der Waals surface area contributed by atoms with Gasteiger partial charge in [0.2, 0.25) is 0 Å². The number of aryl methyl sites for hydroxylation is 1. The Hall–Kier alpha value is -2.62. The van der Waals surface area contributed by atoms with Crippen molar-refractivity contribution in [1.29, 1.82) is 0 Å². The third kappa shape index (κ3) is 2.54. The molecule has 0 aliphatic heterocycles. The van der Waals surface area contributed by atoms with Crippen molar-refractivity contribution >= 4 is 0 Å². The van der Waals surface area contributed by atoms with Gasteiger partial charge in [-0.05, 0) is 19.1 Å². The van der Waals surface area contributed by atoms with Gasteiger partial charge in [0.1, 0.15) is 6.54 Å². The monoisotopic (exact) mass is 263 g/mol. The van der Waals surface area contributed by atoms with Crippen LogP contribution in [0.15, 0.2) is 61.4 Å². The fraction of sp³-hybridized carbons (Fsp3) is 0.125. The van der Waals surface area contributed by atoms with Crippen molar-refractivity contribution in [3.8, 4) is 22.5 Å². The molecule has 0 aliphatic carbocycles. The van der Waals surface area contributed by atoms with Gasteiger partial charge in [-0.15, -0.1) is 0 Å². The minimum Gasteiger partial charge on any atom is -0.265 e. The van der Waals surface area contributed by atoms with E-state index >= 15 is 0 Å². The largest absolute Gasteiger partial charge is 0.265 e. The summed E-state index contributed by atoms with van der Waals surface area (Å²) >= 11 is 0. The zero-order valence-electron chi connectivity index (χ0n) is 11.3. The summed E-state index contributed by atoms with van der Waals surface area (Å²) in [5.41, 5.74) is 3.83. The highest BCUT2D eigenvalue weighted by Crippen LogP contribution is 2.18. The molecule has 0 spiro atoms. The first-order valence-electron chi connectivity index (χ1n) is 6.59. The number of aromatic nitrogens is 4. The summed E-state index contributed by atoms with van der Waals surface area (Å²) in [6.07, 6.45) is 11.2. The van der Waals surface area contributed by atoms with Crippen LogP contribution in [0.1, 0.15) is 6.92 Å². The average Bonchev–Trinajstić information content (AvgIpc) is 2.56.